The second kappa shape index (κ2) is 5.42. The van der Waals surface area contributed by atoms with E-state index in [0.717, 1.165) is 12.8 Å². The van der Waals surface area contributed by atoms with Crippen LogP contribution < -0.4 is 0 Å². The van der Waals surface area contributed by atoms with Gasteiger partial charge < -0.3 is 0 Å². The van der Waals surface area contributed by atoms with Crippen LogP contribution in [0.3, 0.4) is 0 Å². The summed E-state index contributed by atoms with van der Waals surface area (Å²) in [5.41, 5.74) is 2.01. The average Bonchev–Trinajstić information content (AvgIpc) is 2.88. The summed E-state index contributed by atoms with van der Waals surface area (Å²) in [6.45, 7) is 2.03. The Morgan fingerprint density at radius 2 is 1.60 bits per heavy atom. The van der Waals surface area contributed by atoms with Crippen molar-refractivity contribution in [2.24, 2.45) is 0 Å². The van der Waals surface area contributed by atoms with Crippen LogP contribution in [0.25, 0.3) is 0 Å². The fourth-order valence-corrected chi connectivity index (χ4v) is 2.11. The molecule has 0 bridgehead atoms. The van der Waals surface area contributed by atoms with E-state index in [2.05, 4.69) is 24.3 Å². The molecule has 2 aliphatic rings. The van der Waals surface area contributed by atoms with Gasteiger partial charge in [0.1, 0.15) is 5.60 Å². The van der Waals surface area contributed by atoms with Gasteiger partial charge in [-0.1, -0.05) is 36.5 Å². The topological polar surface area (TPSA) is 9.23 Å². The van der Waals surface area contributed by atoms with Gasteiger partial charge in [0, 0.05) is 25.8 Å². The smallest absolute Gasteiger partial charge is 0.130 e. The normalized spacial score (nSPS) is 18.8. The third-order valence-corrected chi connectivity index (χ3v) is 3.23. The van der Waals surface area contributed by atoms with Crippen LogP contribution in [-0.2, 0) is 30.1 Å². The van der Waals surface area contributed by atoms with Crippen LogP contribution in [0.1, 0.15) is 19.8 Å². The van der Waals surface area contributed by atoms with Crippen molar-refractivity contribution in [3.05, 3.63) is 47.6 Å². The zero-order valence-electron chi connectivity index (χ0n) is 8.66. The van der Waals surface area contributed by atoms with Gasteiger partial charge in [-0.3, -0.25) is 4.29 Å². The summed E-state index contributed by atoms with van der Waals surface area (Å²) in [6, 6.07) is 0. The Morgan fingerprint density at radius 1 is 1.13 bits per heavy atom. The minimum atomic E-state index is -0.436. The van der Waals surface area contributed by atoms with E-state index in [4.69, 9.17) is 16.2 Å². The molecule has 0 amide bonds. The number of hydrogen-bond donors (Lipinski definition) is 0. The van der Waals surface area contributed by atoms with Gasteiger partial charge in [-0.15, -0.1) is 0 Å². The van der Waals surface area contributed by atoms with Crippen molar-refractivity contribution < 1.29 is 30.1 Å². The molecule has 1 nitrogen and oxygen atoms in total. The number of hydrogen-bond acceptors (Lipinski definition) is 1. The quantitative estimate of drug-likeness (QED) is 0.672. The molecule has 3 heteroatoms. The molecule has 2 aliphatic carbocycles. The summed E-state index contributed by atoms with van der Waals surface area (Å²) in [5.74, 6) is 0. The molecule has 0 N–H and O–H groups in total. The van der Waals surface area contributed by atoms with Crippen LogP contribution in [-0.4, -0.2) is 5.60 Å². The van der Waals surface area contributed by atoms with Gasteiger partial charge in [0.15, 0.2) is 0 Å². The summed E-state index contributed by atoms with van der Waals surface area (Å²) in [7, 11) is 0. The molecule has 0 fully saturated rings. The molecule has 2 rings (SSSR count). The molecule has 0 aliphatic heterocycles. The largest absolute Gasteiger partial charge is 0.264 e. The number of allylic oxidation sites excluding steroid dienone is 6. The first-order valence-corrected chi connectivity index (χ1v) is 5.10. The molecule has 15 heavy (non-hydrogen) atoms. The van der Waals surface area contributed by atoms with E-state index in [0.29, 0.717) is 0 Å². The van der Waals surface area contributed by atoms with Gasteiger partial charge >= 0.3 is 0 Å². The van der Waals surface area contributed by atoms with E-state index in [1.54, 1.807) is 0 Å². The number of halogens is 1. The molecule has 0 aromatic carbocycles. The van der Waals surface area contributed by atoms with Gasteiger partial charge in [0.05, 0.1) is 11.9 Å². The van der Waals surface area contributed by atoms with Gasteiger partial charge in [0.2, 0.25) is 0 Å². The van der Waals surface area contributed by atoms with Crippen molar-refractivity contribution in [2.45, 2.75) is 25.4 Å². The predicted octanol–water partition coefficient (Wildman–Crippen LogP) is 3.69. The van der Waals surface area contributed by atoms with Crippen molar-refractivity contribution in [3.8, 4) is 0 Å². The predicted molar refractivity (Wildman–Crippen MR) is 59.0 cm³/mol. The maximum Gasteiger partial charge on any atom is 0.130 e. The molecular formula is C12H13ClHfO. The standard InChI is InChI=1S/C12H13ClO.Hf/c1-12(14-13,10-6-2-3-7-10)11-8-4-5-9-11;/h2-6,8H,7,9H2,1H3;. The number of rotatable bonds is 3. The average molecular weight is 387 g/mol. The Hall–Kier alpha value is 0.0801. The maximum absolute atomic E-state index is 5.63. The van der Waals surface area contributed by atoms with Crippen LogP contribution >= 0.6 is 11.9 Å². The van der Waals surface area contributed by atoms with E-state index in [9.17, 15) is 0 Å². The molecule has 0 radical (unpaired) electrons. The SMILES string of the molecule is CC(OCl)(C1=CC=CC1)C1=CC=CC1.[Hf]. The maximum atomic E-state index is 5.63. The van der Waals surface area contributed by atoms with Crippen molar-refractivity contribution in [2.75, 3.05) is 0 Å². The third-order valence-electron chi connectivity index (χ3n) is 2.92. The van der Waals surface area contributed by atoms with Crippen LogP contribution in [0.4, 0.5) is 0 Å². The van der Waals surface area contributed by atoms with E-state index < -0.39 is 5.60 Å². The molecule has 0 aromatic rings. The molecule has 0 unspecified atom stereocenters. The Labute approximate surface area is 114 Å². The van der Waals surface area contributed by atoms with Gasteiger partial charge in [0.25, 0.3) is 0 Å². The van der Waals surface area contributed by atoms with Gasteiger partial charge in [-0.05, 0) is 30.9 Å². The molecule has 78 valence electrons. The van der Waals surface area contributed by atoms with E-state index in [1.165, 1.54) is 11.1 Å². The van der Waals surface area contributed by atoms with Crippen molar-refractivity contribution in [3.63, 3.8) is 0 Å². The Morgan fingerprint density at radius 3 is 1.87 bits per heavy atom. The molecule has 0 atom stereocenters. The first-order valence-electron chi connectivity index (χ1n) is 4.79. The van der Waals surface area contributed by atoms with Gasteiger partial charge in [-0.25, -0.2) is 0 Å². The summed E-state index contributed by atoms with van der Waals surface area (Å²) in [4.78, 5) is 0. The van der Waals surface area contributed by atoms with Gasteiger partial charge in [-0.2, -0.15) is 0 Å². The van der Waals surface area contributed by atoms with E-state index in [-0.39, 0.29) is 25.8 Å². The Bertz CT molecular complexity index is 323. The fourth-order valence-electron chi connectivity index (χ4n) is 1.91. The van der Waals surface area contributed by atoms with Crippen LogP contribution in [0.5, 0.6) is 0 Å². The second-order valence-electron chi connectivity index (χ2n) is 3.76. The van der Waals surface area contributed by atoms with E-state index in [1.807, 2.05) is 19.1 Å². The Balaban J connectivity index is 0.00000112. The zero-order chi connectivity index (χ0) is 10.0. The monoisotopic (exact) mass is 388 g/mol. The summed E-state index contributed by atoms with van der Waals surface area (Å²) in [6.07, 6.45) is 14.4. The second-order valence-corrected chi connectivity index (χ2v) is 3.91. The zero-order valence-corrected chi connectivity index (χ0v) is 13.0. The summed E-state index contributed by atoms with van der Waals surface area (Å²) in [5, 5.41) is 0. The molecule has 0 saturated heterocycles. The van der Waals surface area contributed by atoms with Crippen LogP contribution in [0.15, 0.2) is 47.6 Å². The first kappa shape index (κ1) is 13.1. The summed E-state index contributed by atoms with van der Waals surface area (Å²) >= 11 is 5.63. The van der Waals surface area contributed by atoms with Crippen LogP contribution in [0, 0.1) is 0 Å². The molecule has 0 spiro atoms. The molecule has 0 saturated carbocycles. The van der Waals surface area contributed by atoms with Crippen LogP contribution in [0.2, 0.25) is 0 Å². The molecule has 0 aromatic heterocycles. The Kier molecular flexibility index (Phi) is 4.75. The molecular weight excluding hydrogens is 374 g/mol. The minimum Gasteiger partial charge on any atom is -0.264 e. The minimum absolute atomic E-state index is 0. The molecule has 0 heterocycles. The van der Waals surface area contributed by atoms with Crippen molar-refractivity contribution in [1.82, 2.24) is 0 Å². The van der Waals surface area contributed by atoms with E-state index >= 15 is 0 Å². The fraction of sp³-hybridized carbons (Fsp3) is 0.333. The summed E-state index contributed by atoms with van der Waals surface area (Å²) < 4.78 is 5.16. The third kappa shape index (κ3) is 2.43. The van der Waals surface area contributed by atoms with Crippen molar-refractivity contribution >= 4 is 11.9 Å². The van der Waals surface area contributed by atoms with Crippen molar-refractivity contribution in [1.29, 1.82) is 0 Å². The first-order chi connectivity index (χ1) is 6.77.